The van der Waals surface area contributed by atoms with E-state index in [-0.39, 0.29) is 6.61 Å². The van der Waals surface area contributed by atoms with Crippen molar-refractivity contribution in [2.45, 2.75) is 19.6 Å². The molecule has 0 saturated carbocycles. The molecule has 2 heterocycles. The van der Waals surface area contributed by atoms with E-state index >= 15 is 0 Å². The van der Waals surface area contributed by atoms with E-state index in [1.54, 1.807) is 37.3 Å². The van der Waals surface area contributed by atoms with Crippen LogP contribution in [0.25, 0.3) is 11.5 Å². The molecule has 0 bridgehead atoms. The van der Waals surface area contributed by atoms with Crippen LogP contribution < -0.4 is 4.74 Å². The molecule has 0 amide bonds. The molecule has 3 aromatic rings. The van der Waals surface area contributed by atoms with Gasteiger partial charge >= 0.3 is 5.97 Å². The van der Waals surface area contributed by atoms with Crippen LogP contribution in [0.4, 0.5) is 0 Å². The van der Waals surface area contributed by atoms with Crippen molar-refractivity contribution < 1.29 is 23.2 Å². The fourth-order valence-electron chi connectivity index (χ4n) is 1.99. The van der Waals surface area contributed by atoms with Crippen LogP contribution in [0.2, 0.25) is 10.0 Å². The summed E-state index contributed by atoms with van der Waals surface area (Å²) in [5, 5.41) is 4.61. The van der Waals surface area contributed by atoms with Crippen molar-refractivity contribution in [1.82, 2.24) is 5.16 Å². The molecule has 0 radical (unpaired) electrons. The van der Waals surface area contributed by atoms with Crippen LogP contribution in [0.1, 0.15) is 12.6 Å². The van der Waals surface area contributed by atoms with Crippen molar-refractivity contribution in [2.24, 2.45) is 0 Å². The zero-order valence-electron chi connectivity index (χ0n) is 13.1. The van der Waals surface area contributed by atoms with E-state index in [1.165, 1.54) is 12.3 Å². The zero-order chi connectivity index (χ0) is 17.8. The molecule has 1 atom stereocenters. The lowest BCUT2D eigenvalue weighted by Crippen LogP contribution is -2.26. The van der Waals surface area contributed by atoms with Crippen LogP contribution in [0.3, 0.4) is 0 Å². The second kappa shape index (κ2) is 7.63. The minimum Gasteiger partial charge on any atom is -0.477 e. The molecule has 0 aliphatic carbocycles. The van der Waals surface area contributed by atoms with Gasteiger partial charge in [0.05, 0.1) is 11.3 Å². The minimum absolute atomic E-state index is 0.0505. The van der Waals surface area contributed by atoms with Gasteiger partial charge in [-0.3, -0.25) is 0 Å². The maximum Gasteiger partial charge on any atom is 0.347 e. The minimum atomic E-state index is -0.852. The Labute approximate surface area is 153 Å². The molecule has 0 spiro atoms. The molecule has 0 N–H and O–H groups in total. The van der Waals surface area contributed by atoms with Crippen LogP contribution in [0, 0.1) is 0 Å². The Morgan fingerprint density at radius 2 is 2.08 bits per heavy atom. The van der Waals surface area contributed by atoms with Crippen molar-refractivity contribution in [3.05, 3.63) is 58.4 Å². The lowest BCUT2D eigenvalue weighted by Gasteiger charge is -2.14. The smallest absolute Gasteiger partial charge is 0.347 e. The summed E-state index contributed by atoms with van der Waals surface area (Å²) in [6.07, 6.45) is 0.675. The maximum absolute atomic E-state index is 12.0. The number of hydrogen-bond acceptors (Lipinski definition) is 6. The van der Waals surface area contributed by atoms with E-state index in [0.29, 0.717) is 33.0 Å². The number of halogens is 2. The normalized spacial score (nSPS) is 12.0. The molecule has 25 heavy (non-hydrogen) atoms. The highest BCUT2D eigenvalue weighted by molar-refractivity contribution is 6.35. The molecule has 0 unspecified atom stereocenters. The number of rotatable bonds is 6. The SMILES string of the molecule is C[C@H](Oc1ccc(Cl)cc1Cl)C(=O)OCc1cc(-c2ccco2)on1. The lowest BCUT2D eigenvalue weighted by molar-refractivity contribution is -0.152. The second-order valence-corrected chi connectivity index (χ2v) is 5.95. The summed E-state index contributed by atoms with van der Waals surface area (Å²) in [7, 11) is 0. The molecule has 130 valence electrons. The van der Waals surface area contributed by atoms with E-state index < -0.39 is 12.1 Å². The highest BCUT2D eigenvalue weighted by Crippen LogP contribution is 2.28. The van der Waals surface area contributed by atoms with Crippen LogP contribution >= 0.6 is 23.2 Å². The average Bonchev–Trinajstić information content (AvgIpc) is 3.26. The topological polar surface area (TPSA) is 74.7 Å². The van der Waals surface area contributed by atoms with E-state index in [4.69, 9.17) is 41.6 Å². The summed E-state index contributed by atoms with van der Waals surface area (Å²) in [4.78, 5) is 12.0. The Morgan fingerprint density at radius 3 is 2.80 bits per heavy atom. The maximum atomic E-state index is 12.0. The van der Waals surface area contributed by atoms with Crippen LogP contribution in [0.5, 0.6) is 5.75 Å². The number of ether oxygens (including phenoxy) is 2. The van der Waals surface area contributed by atoms with Gasteiger partial charge < -0.3 is 18.4 Å². The van der Waals surface area contributed by atoms with Gasteiger partial charge in [-0.15, -0.1) is 0 Å². The molecule has 0 fully saturated rings. The van der Waals surface area contributed by atoms with Gasteiger partial charge in [0, 0.05) is 11.1 Å². The molecule has 0 aliphatic heterocycles. The number of carbonyl (C=O) groups excluding carboxylic acids is 1. The molecule has 0 saturated heterocycles. The van der Waals surface area contributed by atoms with Gasteiger partial charge in [-0.25, -0.2) is 4.79 Å². The second-order valence-electron chi connectivity index (χ2n) is 5.10. The third kappa shape index (κ3) is 4.35. The van der Waals surface area contributed by atoms with Crippen molar-refractivity contribution in [3.8, 4) is 17.3 Å². The van der Waals surface area contributed by atoms with E-state index in [9.17, 15) is 4.79 Å². The van der Waals surface area contributed by atoms with Crippen molar-refractivity contribution in [3.63, 3.8) is 0 Å². The summed E-state index contributed by atoms with van der Waals surface area (Å²) < 4.78 is 21.0. The van der Waals surface area contributed by atoms with Crippen molar-refractivity contribution in [2.75, 3.05) is 0 Å². The van der Waals surface area contributed by atoms with Gasteiger partial charge in [0.1, 0.15) is 18.1 Å². The average molecular weight is 382 g/mol. The van der Waals surface area contributed by atoms with Gasteiger partial charge in [-0.2, -0.15) is 0 Å². The predicted molar refractivity (Wildman–Crippen MR) is 90.6 cm³/mol. The zero-order valence-corrected chi connectivity index (χ0v) is 14.6. The van der Waals surface area contributed by atoms with Gasteiger partial charge in [0.25, 0.3) is 0 Å². The van der Waals surface area contributed by atoms with E-state index in [0.717, 1.165) is 0 Å². The first kappa shape index (κ1) is 17.4. The number of aromatic nitrogens is 1. The summed E-state index contributed by atoms with van der Waals surface area (Å²) in [6, 6.07) is 9.84. The molecule has 3 rings (SSSR count). The molecule has 0 aliphatic rings. The van der Waals surface area contributed by atoms with Crippen LogP contribution in [0.15, 0.2) is 51.6 Å². The molecule has 6 nitrogen and oxygen atoms in total. The fourth-order valence-corrected chi connectivity index (χ4v) is 2.44. The first-order valence-electron chi connectivity index (χ1n) is 7.31. The first-order chi connectivity index (χ1) is 12.0. The Morgan fingerprint density at radius 1 is 1.24 bits per heavy atom. The Balaban J connectivity index is 1.55. The lowest BCUT2D eigenvalue weighted by atomic mass is 10.3. The number of carbonyl (C=O) groups is 1. The largest absolute Gasteiger partial charge is 0.477 e. The number of furan rings is 1. The van der Waals surface area contributed by atoms with Gasteiger partial charge in [-0.1, -0.05) is 28.4 Å². The highest BCUT2D eigenvalue weighted by Gasteiger charge is 2.19. The van der Waals surface area contributed by atoms with Crippen LogP contribution in [-0.4, -0.2) is 17.2 Å². The number of esters is 1. The third-order valence-corrected chi connectivity index (χ3v) is 3.75. The summed E-state index contributed by atoms with van der Waals surface area (Å²) in [6.45, 7) is 1.51. The van der Waals surface area contributed by atoms with Crippen LogP contribution in [-0.2, 0) is 16.1 Å². The van der Waals surface area contributed by atoms with Crippen molar-refractivity contribution >= 4 is 29.2 Å². The number of hydrogen-bond donors (Lipinski definition) is 0. The first-order valence-corrected chi connectivity index (χ1v) is 8.06. The molecule has 1 aromatic carbocycles. The van der Waals surface area contributed by atoms with E-state index in [1.807, 2.05) is 0 Å². The van der Waals surface area contributed by atoms with Crippen molar-refractivity contribution in [1.29, 1.82) is 0 Å². The summed E-state index contributed by atoms with van der Waals surface area (Å²) >= 11 is 11.8. The molecular formula is C17H13Cl2NO5. The molecule has 2 aromatic heterocycles. The van der Waals surface area contributed by atoms with E-state index in [2.05, 4.69) is 5.16 Å². The van der Waals surface area contributed by atoms with Gasteiger partial charge in [0.2, 0.25) is 5.76 Å². The molecule has 8 heteroatoms. The standard InChI is InChI=1S/C17H13Cl2NO5/c1-10(24-14-5-4-11(18)7-13(14)19)17(21)23-9-12-8-16(25-20-12)15-3-2-6-22-15/h2-8,10H,9H2,1H3/t10-/m0/s1. The predicted octanol–water partition coefficient (Wildman–Crippen LogP) is 4.75. The molecular weight excluding hydrogens is 369 g/mol. The van der Waals surface area contributed by atoms with Gasteiger partial charge in [-0.05, 0) is 37.3 Å². The Hall–Kier alpha value is -2.44. The highest BCUT2D eigenvalue weighted by atomic mass is 35.5. The Bertz CT molecular complexity index is 860. The summed E-state index contributed by atoms with van der Waals surface area (Å²) in [5.74, 6) is 0.776. The van der Waals surface area contributed by atoms with Gasteiger partial charge in [0.15, 0.2) is 11.9 Å². The Kier molecular flexibility index (Phi) is 5.31. The third-order valence-electron chi connectivity index (χ3n) is 3.21. The fraction of sp³-hybridized carbons (Fsp3) is 0.176. The number of benzene rings is 1. The quantitative estimate of drug-likeness (QED) is 0.573. The summed E-state index contributed by atoms with van der Waals surface area (Å²) in [5.41, 5.74) is 0.455. The monoisotopic (exact) mass is 381 g/mol. The number of nitrogens with zero attached hydrogens (tertiary/aromatic N) is 1.